The van der Waals surface area contributed by atoms with Gasteiger partial charge in [-0.2, -0.15) is 0 Å². The minimum atomic E-state index is -0.501. The van der Waals surface area contributed by atoms with E-state index in [4.69, 9.17) is 4.74 Å². The summed E-state index contributed by atoms with van der Waals surface area (Å²) in [5.41, 5.74) is 0.847. The Bertz CT molecular complexity index is 398. The zero-order chi connectivity index (χ0) is 13.1. The number of morpholine rings is 1. The van der Waals surface area contributed by atoms with Gasteiger partial charge in [0.15, 0.2) is 0 Å². The van der Waals surface area contributed by atoms with Crippen molar-refractivity contribution < 1.29 is 14.9 Å². The average molecular weight is 252 g/mol. The molecule has 5 nitrogen and oxygen atoms in total. The second-order valence-corrected chi connectivity index (χ2v) is 4.78. The highest BCUT2D eigenvalue weighted by molar-refractivity contribution is 5.42. The first-order valence-corrected chi connectivity index (χ1v) is 6.25. The molecule has 1 saturated heterocycles. The molecule has 0 amide bonds. The van der Waals surface area contributed by atoms with Crippen LogP contribution in [0.1, 0.15) is 25.5 Å². The van der Waals surface area contributed by atoms with Crippen LogP contribution in [0.5, 0.6) is 0 Å². The number of pyridine rings is 1. The van der Waals surface area contributed by atoms with Gasteiger partial charge in [0, 0.05) is 19.3 Å². The number of anilines is 1. The maximum Gasteiger partial charge on any atom is 0.129 e. The van der Waals surface area contributed by atoms with Crippen LogP contribution in [0.4, 0.5) is 5.82 Å². The van der Waals surface area contributed by atoms with E-state index in [1.165, 1.54) is 0 Å². The van der Waals surface area contributed by atoms with Crippen molar-refractivity contribution in [2.75, 3.05) is 24.6 Å². The molecule has 0 aliphatic carbocycles. The standard InChI is InChI=1S/C13H20N2O3/c1-9-6-15(7-12(8-16)18-9)13-5-11(10(2)17)3-4-14-13/h3-5,9-10,12,16-17H,6-8H2,1-2H3/t9?,10-,12?/m0/s1. The molecule has 100 valence electrons. The molecule has 3 atom stereocenters. The molecule has 2 heterocycles. The van der Waals surface area contributed by atoms with Gasteiger partial charge in [-0.05, 0) is 31.5 Å². The van der Waals surface area contributed by atoms with E-state index in [0.29, 0.717) is 6.54 Å². The number of aliphatic hydroxyl groups is 2. The number of ether oxygens (including phenoxy) is 1. The van der Waals surface area contributed by atoms with Crippen molar-refractivity contribution in [1.29, 1.82) is 0 Å². The van der Waals surface area contributed by atoms with Gasteiger partial charge in [0.1, 0.15) is 5.82 Å². The Balaban J connectivity index is 2.17. The number of nitrogens with zero attached hydrogens (tertiary/aromatic N) is 2. The van der Waals surface area contributed by atoms with Crippen molar-refractivity contribution in [2.24, 2.45) is 0 Å². The second kappa shape index (κ2) is 5.65. The summed E-state index contributed by atoms with van der Waals surface area (Å²) in [7, 11) is 0. The lowest BCUT2D eigenvalue weighted by Crippen LogP contribution is -2.48. The van der Waals surface area contributed by atoms with E-state index in [-0.39, 0.29) is 18.8 Å². The molecule has 1 fully saturated rings. The molecule has 0 bridgehead atoms. The van der Waals surface area contributed by atoms with Crippen LogP contribution in [0.15, 0.2) is 18.3 Å². The maximum absolute atomic E-state index is 9.59. The van der Waals surface area contributed by atoms with Crippen molar-refractivity contribution in [1.82, 2.24) is 4.98 Å². The molecule has 1 aliphatic heterocycles. The lowest BCUT2D eigenvalue weighted by molar-refractivity contribution is -0.0423. The van der Waals surface area contributed by atoms with Gasteiger partial charge in [-0.3, -0.25) is 0 Å². The Morgan fingerprint density at radius 2 is 2.33 bits per heavy atom. The fourth-order valence-corrected chi connectivity index (χ4v) is 2.20. The topological polar surface area (TPSA) is 65.8 Å². The molecule has 5 heteroatoms. The highest BCUT2D eigenvalue weighted by atomic mass is 16.5. The average Bonchev–Trinajstić information content (AvgIpc) is 2.38. The lowest BCUT2D eigenvalue weighted by atomic mass is 10.1. The van der Waals surface area contributed by atoms with E-state index in [0.717, 1.165) is 17.9 Å². The molecule has 0 spiro atoms. The van der Waals surface area contributed by atoms with Crippen molar-refractivity contribution >= 4 is 5.82 Å². The zero-order valence-corrected chi connectivity index (χ0v) is 10.8. The molecule has 2 rings (SSSR count). The van der Waals surface area contributed by atoms with Gasteiger partial charge in [-0.25, -0.2) is 4.98 Å². The highest BCUT2D eigenvalue weighted by Crippen LogP contribution is 2.21. The Morgan fingerprint density at radius 3 is 3.00 bits per heavy atom. The van der Waals surface area contributed by atoms with E-state index >= 15 is 0 Å². The van der Waals surface area contributed by atoms with Crippen LogP contribution in [-0.4, -0.2) is 47.1 Å². The molecular formula is C13H20N2O3. The summed E-state index contributed by atoms with van der Waals surface area (Å²) in [6.45, 7) is 5.09. The van der Waals surface area contributed by atoms with E-state index in [9.17, 15) is 10.2 Å². The summed E-state index contributed by atoms with van der Waals surface area (Å²) in [5, 5.41) is 18.8. The predicted octanol–water partition coefficient (Wildman–Crippen LogP) is 0.721. The normalized spacial score (nSPS) is 26.1. The molecule has 0 radical (unpaired) electrons. The number of hydrogen-bond acceptors (Lipinski definition) is 5. The summed E-state index contributed by atoms with van der Waals surface area (Å²) in [6.07, 6.45) is 1.09. The SMILES string of the molecule is CC1CN(c2cc([C@H](C)O)ccn2)CC(CO)O1. The first-order chi connectivity index (χ1) is 8.60. The number of hydrogen-bond donors (Lipinski definition) is 2. The minimum absolute atomic E-state index is 0.0108. The molecule has 1 aliphatic rings. The number of aromatic nitrogens is 1. The molecule has 18 heavy (non-hydrogen) atoms. The maximum atomic E-state index is 9.59. The fraction of sp³-hybridized carbons (Fsp3) is 0.615. The number of aliphatic hydroxyl groups excluding tert-OH is 2. The molecule has 2 N–H and O–H groups in total. The minimum Gasteiger partial charge on any atom is -0.394 e. The van der Waals surface area contributed by atoms with Gasteiger partial charge in [0.2, 0.25) is 0 Å². The molecule has 0 saturated carbocycles. The van der Waals surface area contributed by atoms with Crippen molar-refractivity contribution in [3.05, 3.63) is 23.9 Å². The lowest BCUT2D eigenvalue weighted by Gasteiger charge is -2.36. The van der Waals surface area contributed by atoms with Crippen molar-refractivity contribution in [3.63, 3.8) is 0 Å². The van der Waals surface area contributed by atoms with Crippen LogP contribution in [0.2, 0.25) is 0 Å². The van der Waals surface area contributed by atoms with E-state index < -0.39 is 6.10 Å². The third-order valence-electron chi connectivity index (χ3n) is 3.11. The van der Waals surface area contributed by atoms with Gasteiger partial charge < -0.3 is 19.8 Å². The largest absolute Gasteiger partial charge is 0.394 e. The smallest absolute Gasteiger partial charge is 0.129 e. The summed E-state index contributed by atoms with van der Waals surface area (Å²) in [4.78, 5) is 6.41. The Hall–Kier alpha value is -1.17. The zero-order valence-electron chi connectivity index (χ0n) is 10.8. The predicted molar refractivity (Wildman–Crippen MR) is 68.5 cm³/mol. The van der Waals surface area contributed by atoms with Gasteiger partial charge in [-0.1, -0.05) is 0 Å². The van der Waals surface area contributed by atoms with Crippen molar-refractivity contribution in [2.45, 2.75) is 32.2 Å². The van der Waals surface area contributed by atoms with E-state index in [1.807, 2.05) is 19.1 Å². The van der Waals surface area contributed by atoms with Crippen LogP contribution in [-0.2, 0) is 4.74 Å². The monoisotopic (exact) mass is 252 g/mol. The van der Waals surface area contributed by atoms with Crippen LogP contribution in [0, 0.1) is 0 Å². The van der Waals surface area contributed by atoms with E-state index in [2.05, 4.69) is 9.88 Å². The highest BCUT2D eigenvalue weighted by Gasteiger charge is 2.25. The molecule has 2 unspecified atom stereocenters. The van der Waals surface area contributed by atoms with Gasteiger partial charge >= 0.3 is 0 Å². The molecule has 0 aromatic carbocycles. The number of rotatable bonds is 3. The van der Waals surface area contributed by atoms with Gasteiger partial charge in [0.05, 0.1) is 24.9 Å². The first kappa shape index (κ1) is 13.3. The Labute approximate surface area is 107 Å². The third kappa shape index (κ3) is 2.98. The van der Waals surface area contributed by atoms with Gasteiger partial charge in [0.25, 0.3) is 0 Å². The molecule has 1 aromatic heterocycles. The Kier molecular flexibility index (Phi) is 4.16. The molecular weight excluding hydrogens is 232 g/mol. The quantitative estimate of drug-likeness (QED) is 0.830. The van der Waals surface area contributed by atoms with E-state index in [1.54, 1.807) is 13.1 Å². The summed E-state index contributed by atoms with van der Waals surface area (Å²) in [5.74, 6) is 0.821. The fourth-order valence-electron chi connectivity index (χ4n) is 2.20. The van der Waals surface area contributed by atoms with Crippen molar-refractivity contribution in [3.8, 4) is 0 Å². The Morgan fingerprint density at radius 1 is 1.56 bits per heavy atom. The summed E-state index contributed by atoms with van der Waals surface area (Å²) in [6, 6.07) is 3.69. The summed E-state index contributed by atoms with van der Waals surface area (Å²) < 4.78 is 5.60. The van der Waals surface area contributed by atoms with Crippen LogP contribution < -0.4 is 4.90 Å². The second-order valence-electron chi connectivity index (χ2n) is 4.78. The van der Waals surface area contributed by atoms with Crippen LogP contribution >= 0.6 is 0 Å². The van der Waals surface area contributed by atoms with Gasteiger partial charge in [-0.15, -0.1) is 0 Å². The summed E-state index contributed by atoms with van der Waals surface area (Å²) >= 11 is 0. The van der Waals surface area contributed by atoms with Crippen LogP contribution in [0.25, 0.3) is 0 Å². The third-order valence-corrected chi connectivity index (χ3v) is 3.11. The first-order valence-electron chi connectivity index (χ1n) is 6.25. The van der Waals surface area contributed by atoms with Crippen LogP contribution in [0.3, 0.4) is 0 Å². The molecule has 1 aromatic rings.